The summed E-state index contributed by atoms with van der Waals surface area (Å²) in [5.41, 5.74) is 2.39. The van der Waals surface area contributed by atoms with Gasteiger partial charge in [-0.05, 0) is 43.9 Å². The monoisotopic (exact) mass is 260 g/mol. The standard InChI is InChI=1S/C15H20N2O2/c18-15(19)13-11-12(16-7-1-2-8-16)5-6-14(13)17-9-3-4-10-17/h5-6,11H,1-4,7-10H2,(H,18,19). The van der Waals surface area contributed by atoms with E-state index < -0.39 is 5.97 Å². The fourth-order valence-electron chi connectivity index (χ4n) is 3.10. The minimum Gasteiger partial charge on any atom is -0.478 e. The fraction of sp³-hybridized carbons (Fsp3) is 0.533. The lowest BCUT2D eigenvalue weighted by molar-refractivity contribution is 0.0697. The number of carbonyl (C=O) groups is 1. The third-order valence-electron chi connectivity index (χ3n) is 4.13. The Hall–Kier alpha value is -1.71. The van der Waals surface area contributed by atoms with E-state index in [1.807, 2.05) is 12.1 Å². The molecule has 3 rings (SSSR count). The van der Waals surface area contributed by atoms with E-state index in [-0.39, 0.29) is 0 Å². The molecule has 0 aliphatic carbocycles. The van der Waals surface area contributed by atoms with Crippen LogP contribution in [-0.2, 0) is 0 Å². The lowest BCUT2D eigenvalue weighted by Gasteiger charge is -2.23. The van der Waals surface area contributed by atoms with Crippen molar-refractivity contribution in [3.63, 3.8) is 0 Å². The van der Waals surface area contributed by atoms with Gasteiger partial charge in [0.2, 0.25) is 0 Å². The van der Waals surface area contributed by atoms with Gasteiger partial charge in [-0.25, -0.2) is 4.79 Å². The van der Waals surface area contributed by atoms with Crippen LogP contribution in [-0.4, -0.2) is 37.3 Å². The topological polar surface area (TPSA) is 43.8 Å². The van der Waals surface area contributed by atoms with E-state index in [2.05, 4.69) is 15.9 Å². The lowest BCUT2D eigenvalue weighted by Crippen LogP contribution is -2.22. The summed E-state index contributed by atoms with van der Waals surface area (Å²) in [5.74, 6) is -0.817. The molecule has 0 saturated carbocycles. The zero-order valence-corrected chi connectivity index (χ0v) is 11.1. The van der Waals surface area contributed by atoms with E-state index in [1.54, 1.807) is 0 Å². The molecule has 4 nitrogen and oxygen atoms in total. The summed E-state index contributed by atoms with van der Waals surface area (Å²) >= 11 is 0. The van der Waals surface area contributed by atoms with Crippen molar-refractivity contribution in [2.75, 3.05) is 36.0 Å². The molecule has 2 aliphatic heterocycles. The average molecular weight is 260 g/mol. The quantitative estimate of drug-likeness (QED) is 0.907. The lowest BCUT2D eigenvalue weighted by atomic mass is 10.1. The number of aromatic carboxylic acids is 1. The normalized spacial score (nSPS) is 19.2. The summed E-state index contributed by atoms with van der Waals surface area (Å²) < 4.78 is 0. The van der Waals surface area contributed by atoms with Crippen molar-refractivity contribution in [2.45, 2.75) is 25.7 Å². The second-order valence-electron chi connectivity index (χ2n) is 5.39. The molecule has 2 aliphatic rings. The number of carboxylic acid groups (broad SMARTS) is 1. The van der Waals surface area contributed by atoms with Crippen molar-refractivity contribution in [3.05, 3.63) is 23.8 Å². The minimum absolute atomic E-state index is 0.450. The number of hydrogen-bond donors (Lipinski definition) is 1. The largest absolute Gasteiger partial charge is 0.478 e. The van der Waals surface area contributed by atoms with Crippen LogP contribution in [0.4, 0.5) is 11.4 Å². The van der Waals surface area contributed by atoms with Crippen LogP contribution >= 0.6 is 0 Å². The van der Waals surface area contributed by atoms with Crippen molar-refractivity contribution in [1.82, 2.24) is 0 Å². The van der Waals surface area contributed by atoms with Gasteiger partial charge >= 0.3 is 5.97 Å². The van der Waals surface area contributed by atoms with Gasteiger partial charge in [0.25, 0.3) is 0 Å². The maximum absolute atomic E-state index is 11.5. The third-order valence-corrected chi connectivity index (χ3v) is 4.13. The smallest absolute Gasteiger partial charge is 0.337 e. The molecule has 0 unspecified atom stereocenters. The van der Waals surface area contributed by atoms with Crippen LogP contribution in [0.3, 0.4) is 0 Å². The van der Waals surface area contributed by atoms with Gasteiger partial charge in [-0.3, -0.25) is 0 Å². The second kappa shape index (κ2) is 5.11. The first kappa shape index (κ1) is 12.3. The fourth-order valence-corrected chi connectivity index (χ4v) is 3.10. The van der Waals surface area contributed by atoms with E-state index >= 15 is 0 Å². The highest BCUT2D eigenvalue weighted by molar-refractivity contribution is 5.96. The van der Waals surface area contributed by atoms with Crippen molar-refractivity contribution in [3.8, 4) is 0 Å². The van der Waals surface area contributed by atoms with Gasteiger partial charge in [0, 0.05) is 31.9 Å². The van der Waals surface area contributed by atoms with Gasteiger partial charge < -0.3 is 14.9 Å². The predicted octanol–water partition coefficient (Wildman–Crippen LogP) is 2.59. The molecule has 2 saturated heterocycles. The molecule has 0 bridgehead atoms. The Morgan fingerprint density at radius 1 is 0.947 bits per heavy atom. The SMILES string of the molecule is O=C(O)c1cc(N2CCCC2)ccc1N1CCCC1. The Morgan fingerprint density at radius 3 is 2.11 bits per heavy atom. The van der Waals surface area contributed by atoms with Crippen LogP contribution in [0.2, 0.25) is 0 Å². The van der Waals surface area contributed by atoms with Crippen LogP contribution in [0.25, 0.3) is 0 Å². The molecule has 2 fully saturated rings. The first-order valence-corrected chi connectivity index (χ1v) is 7.13. The molecule has 2 heterocycles. The number of rotatable bonds is 3. The van der Waals surface area contributed by atoms with E-state index in [4.69, 9.17) is 0 Å². The van der Waals surface area contributed by atoms with Crippen LogP contribution in [0.5, 0.6) is 0 Å². The number of nitrogens with zero attached hydrogens (tertiary/aromatic N) is 2. The summed E-state index contributed by atoms with van der Waals surface area (Å²) in [7, 11) is 0. The number of carboxylic acids is 1. The molecule has 0 amide bonds. The first-order chi connectivity index (χ1) is 9.25. The van der Waals surface area contributed by atoms with Gasteiger partial charge in [-0.2, -0.15) is 0 Å². The number of hydrogen-bond acceptors (Lipinski definition) is 3. The van der Waals surface area contributed by atoms with Gasteiger partial charge in [-0.1, -0.05) is 0 Å². The Kier molecular flexibility index (Phi) is 3.32. The van der Waals surface area contributed by atoms with Gasteiger partial charge in [0.05, 0.1) is 11.3 Å². The highest BCUT2D eigenvalue weighted by Crippen LogP contribution is 2.30. The summed E-state index contributed by atoms with van der Waals surface area (Å²) in [4.78, 5) is 16.0. The Bertz CT molecular complexity index is 475. The highest BCUT2D eigenvalue weighted by atomic mass is 16.4. The van der Waals surface area contributed by atoms with Crippen molar-refractivity contribution in [1.29, 1.82) is 0 Å². The first-order valence-electron chi connectivity index (χ1n) is 7.13. The molecule has 102 valence electrons. The molecule has 4 heteroatoms. The van der Waals surface area contributed by atoms with Crippen LogP contribution < -0.4 is 9.80 Å². The highest BCUT2D eigenvalue weighted by Gasteiger charge is 2.21. The molecule has 1 N–H and O–H groups in total. The maximum atomic E-state index is 11.5. The van der Waals surface area contributed by atoms with Crippen molar-refractivity contribution in [2.24, 2.45) is 0 Å². The third kappa shape index (κ3) is 2.39. The van der Waals surface area contributed by atoms with Crippen LogP contribution in [0, 0.1) is 0 Å². The van der Waals surface area contributed by atoms with Gasteiger partial charge in [0.1, 0.15) is 0 Å². The van der Waals surface area contributed by atoms with E-state index in [9.17, 15) is 9.90 Å². The molecule has 0 spiro atoms. The van der Waals surface area contributed by atoms with E-state index in [0.717, 1.165) is 50.4 Å². The summed E-state index contributed by atoms with van der Waals surface area (Å²) in [6.45, 7) is 4.04. The van der Waals surface area contributed by atoms with Gasteiger partial charge in [-0.15, -0.1) is 0 Å². The Labute approximate surface area is 113 Å². The van der Waals surface area contributed by atoms with Crippen LogP contribution in [0.15, 0.2) is 18.2 Å². The average Bonchev–Trinajstić information content (AvgIpc) is 3.11. The molecule has 1 aromatic carbocycles. The minimum atomic E-state index is -0.817. The molecule has 0 aromatic heterocycles. The molecular weight excluding hydrogens is 240 g/mol. The zero-order valence-electron chi connectivity index (χ0n) is 11.1. The molecule has 1 aromatic rings. The van der Waals surface area contributed by atoms with Crippen molar-refractivity contribution >= 4 is 17.3 Å². The summed E-state index contributed by atoms with van der Waals surface area (Å²) in [5, 5.41) is 9.45. The Balaban J connectivity index is 1.93. The molecular formula is C15H20N2O2. The molecule has 19 heavy (non-hydrogen) atoms. The van der Waals surface area contributed by atoms with Gasteiger partial charge in [0.15, 0.2) is 0 Å². The second-order valence-corrected chi connectivity index (χ2v) is 5.39. The number of benzene rings is 1. The maximum Gasteiger partial charge on any atom is 0.337 e. The molecule has 0 atom stereocenters. The predicted molar refractivity (Wildman–Crippen MR) is 76.3 cm³/mol. The van der Waals surface area contributed by atoms with Crippen molar-refractivity contribution < 1.29 is 9.90 Å². The van der Waals surface area contributed by atoms with E-state index in [0.29, 0.717) is 5.56 Å². The van der Waals surface area contributed by atoms with Crippen LogP contribution in [0.1, 0.15) is 36.0 Å². The summed E-state index contributed by atoms with van der Waals surface area (Å²) in [6.07, 6.45) is 4.73. The molecule has 0 radical (unpaired) electrons. The van der Waals surface area contributed by atoms with E-state index in [1.165, 1.54) is 12.8 Å². The number of anilines is 2. The zero-order chi connectivity index (χ0) is 13.2. The Morgan fingerprint density at radius 2 is 1.53 bits per heavy atom. The summed E-state index contributed by atoms with van der Waals surface area (Å²) in [6, 6.07) is 5.91.